The second kappa shape index (κ2) is 5.92. The molecule has 0 aliphatic heterocycles. The Bertz CT molecular complexity index is 1050. The van der Waals surface area contributed by atoms with Crippen molar-refractivity contribution in [3.05, 3.63) is 65.2 Å². The van der Waals surface area contributed by atoms with Gasteiger partial charge in [0.2, 0.25) is 0 Å². The van der Waals surface area contributed by atoms with E-state index < -0.39 is 26.6 Å². The van der Waals surface area contributed by atoms with Crippen molar-refractivity contribution in [1.82, 2.24) is 0 Å². The molecule has 8 heteroatoms. The Morgan fingerprint density at radius 1 is 1.00 bits per heavy atom. The molecule has 0 aromatic heterocycles. The molecule has 2 N–H and O–H groups in total. The Morgan fingerprint density at radius 3 is 2.33 bits per heavy atom. The van der Waals surface area contributed by atoms with Crippen molar-refractivity contribution in [2.75, 3.05) is 4.72 Å². The number of nitrogens with one attached hydrogen (secondary N) is 1. The van der Waals surface area contributed by atoms with E-state index in [0.717, 1.165) is 12.1 Å². The minimum Gasteiger partial charge on any atom is -0.506 e. The summed E-state index contributed by atoms with van der Waals surface area (Å²) in [6, 6.07) is 9.81. The Balaban J connectivity index is 2.14. The fourth-order valence-corrected chi connectivity index (χ4v) is 3.65. The number of fused-ring (bicyclic) bond motifs is 1. The summed E-state index contributed by atoms with van der Waals surface area (Å²) in [5, 5.41) is 10.6. The standard InChI is InChI=1S/C16H10ClF2NO3S/c17-12-8-14(10-3-1-2-4-11(10)16(12)21)20-24(22,23)15-6-5-9(18)7-13(15)19/h1-8,20-21H. The number of hydrogen-bond acceptors (Lipinski definition) is 3. The van der Waals surface area contributed by atoms with Gasteiger partial charge < -0.3 is 5.11 Å². The summed E-state index contributed by atoms with van der Waals surface area (Å²) in [5.41, 5.74) is 0.0668. The highest BCUT2D eigenvalue weighted by Gasteiger charge is 2.21. The number of phenolic OH excluding ortho intramolecular Hbond substituents is 1. The number of benzene rings is 3. The molecule has 124 valence electrons. The van der Waals surface area contributed by atoms with Crippen molar-refractivity contribution >= 4 is 38.1 Å². The van der Waals surface area contributed by atoms with Gasteiger partial charge >= 0.3 is 0 Å². The smallest absolute Gasteiger partial charge is 0.264 e. The molecule has 0 spiro atoms. The van der Waals surface area contributed by atoms with Crippen LogP contribution in [0, 0.1) is 11.6 Å². The van der Waals surface area contributed by atoms with Crippen molar-refractivity contribution in [2.45, 2.75) is 4.90 Å². The Kier molecular flexibility index (Phi) is 4.06. The van der Waals surface area contributed by atoms with Gasteiger partial charge in [-0.3, -0.25) is 4.72 Å². The number of aromatic hydroxyl groups is 1. The third-order valence-corrected chi connectivity index (χ3v) is 5.08. The molecule has 3 aromatic rings. The molecule has 0 atom stereocenters. The van der Waals surface area contributed by atoms with Gasteiger partial charge in [0, 0.05) is 16.8 Å². The van der Waals surface area contributed by atoms with Crippen molar-refractivity contribution in [3.8, 4) is 5.75 Å². The van der Waals surface area contributed by atoms with E-state index in [9.17, 15) is 22.3 Å². The van der Waals surface area contributed by atoms with Crippen molar-refractivity contribution in [3.63, 3.8) is 0 Å². The van der Waals surface area contributed by atoms with Crippen LogP contribution in [0.4, 0.5) is 14.5 Å². The van der Waals surface area contributed by atoms with E-state index in [1.54, 1.807) is 24.3 Å². The first kappa shape index (κ1) is 16.5. The molecule has 0 bridgehead atoms. The topological polar surface area (TPSA) is 66.4 Å². The van der Waals surface area contributed by atoms with Crippen LogP contribution in [0.1, 0.15) is 0 Å². The van der Waals surface area contributed by atoms with Gasteiger partial charge in [-0.2, -0.15) is 0 Å². The maximum absolute atomic E-state index is 13.8. The summed E-state index contributed by atoms with van der Waals surface area (Å²) in [6.45, 7) is 0. The summed E-state index contributed by atoms with van der Waals surface area (Å²) in [7, 11) is -4.31. The maximum atomic E-state index is 13.8. The van der Waals surface area contributed by atoms with Gasteiger partial charge in [0.15, 0.2) is 0 Å². The van der Waals surface area contributed by atoms with Crippen LogP contribution in [-0.2, 0) is 10.0 Å². The molecule has 24 heavy (non-hydrogen) atoms. The molecule has 0 amide bonds. The van der Waals surface area contributed by atoms with Gasteiger partial charge in [0.25, 0.3) is 10.0 Å². The Morgan fingerprint density at radius 2 is 1.67 bits per heavy atom. The van der Waals surface area contributed by atoms with E-state index in [-0.39, 0.29) is 16.5 Å². The third-order valence-electron chi connectivity index (χ3n) is 3.40. The zero-order chi connectivity index (χ0) is 17.5. The molecule has 3 aromatic carbocycles. The number of anilines is 1. The van der Waals surface area contributed by atoms with Crippen LogP contribution in [0.25, 0.3) is 10.8 Å². The number of rotatable bonds is 3. The van der Waals surface area contributed by atoms with Gasteiger partial charge in [-0.25, -0.2) is 17.2 Å². The minimum absolute atomic E-state index is 0.0639. The van der Waals surface area contributed by atoms with Crippen LogP contribution >= 0.6 is 11.6 Å². The molecule has 0 unspecified atom stereocenters. The fraction of sp³-hybridized carbons (Fsp3) is 0. The molecule has 4 nitrogen and oxygen atoms in total. The summed E-state index contributed by atoms with van der Waals surface area (Å²) in [6.07, 6.45) is 0. The molecular weight excluding hydrogens is 360 g/mol. The molecule has 0 heterocycles. The number of phenols is 1. The van der Waals surface area contributed by atoms with Gasteiger partial charge in [0.1, 0.15) is 22.3 Å². The average molecular weight is 370 g/mol. The zero-order valence-electron chi connectivity index (χ0n) is 11.9. The van der Waals surface area contributed by atoms with Gasteiger partial charge in [-0.1, -0.05) is 35.9 Å². The lowest BCUT2D eigenvalue weighted by Crippen LogP contribution is -2.15. The van der Waals surface area contributed by atoms with Crippen molar-refractivity contribution in [1.29, 1.82) is 0 Å². The largest absolute Gasteiger partial charge is 0.506 e. The molecular formula is C16H10ClF2NO3S. The van der Waals surface area contributed by atoms with Crippen molar-refractivity contribution in [2.24, 2.45) is 0 Å². The monoisotopic (exact) mass is 369 g/mol. The first-order valence-electron chi connectivity index (χ1n) is 6.67. The highest BCUT2D eigenvalue weighted by molar-refractivity contribution is 7.92. The van der Waals surface area contributed by atoms with Gasteiger partial charge in [0.05, 0.1) is 10.7 Å². The minimum atomic E-state index is -4.31. The molecule has 0 saturated heterocycles. The zero-order valence-corrected chi connectivity index (χ0v) is 13.5. The number of sulfonamides is 1. The van der Waals surface area contributed by atoms with E-state index in [4.69, 9.17) is 11.6 Å². The predicted molar refractivity (Wildman–Crippen MR) is 87.8 cm³/mol. The highest BCUT2D eigenvalue weighted by atomic mass is 35.5. The third kappa shape index (κ3) is 2.88. The predicted octanol–water partition coefficient (Wildman–Crippen LogP) is 4.28. The average Bonchev–Trinajstić information content (AvgIpc) is 2.51. The molecule has 0 fully saturated rings. The lowest BCUT2D eigenvalue weighted by Gasteiger charge is -2.13. The second-order valence-electron chi connectivity index (χ2n) is 4.98. The molecule has 0 aliphatic rings. The van der Waals surface area contributed by atoms with Crippen LogP contribution in [0.15, 0.2) is 53.4 Å². The number of halogens is 3. The number of hydrogen-bond donors (Lipinski definition) is 2. The van der Waals surface area contributed by atoms with Gasteiger partial charge in [-0.05, 0) is 18.2 Å². The first-order valence-corrected chi connectivity index (χ1v) is 8.54. The Hall–Kier alpha value is -2.38. The normalized spacial score (nSPS) is 11.6. The second-order valence-corrected chi connectivity index (χ2v) is 7.04. The highest BCUT2D eigenvalue weighted by Crippen LogP contribution is 2.38. The van der Waals surface area contributed by atoms with Crippen molar-refractivity contribution < 1.29 is 22.3 Å². The van der Waals surface area contributed by atoms with Crippen LogP contribution in [0.3, 0.4) is 0 Å². The van der Waals surface area contributed by atoms with Crippen LogP contribution in [0.5, 0.6) is 5.75 Å². The quantitative estimate of drug-likeness (QED) is 0.677. The van der Waals surface area contributed by atoms with Crippen LogP contribution in [0.2, 0.25) is 5.02 Å². The molecule has 0 saturated carbocycles. The Labute approximate surface area is 141 Å². The van der Waals surface area contributed by atoms with E-state index in [2.05, 4.69) is 4.72 Å². The van der Waals surface area contributed by atoms with Crippen LogP contribution in [-0.4, -0.2) is 13.5 Å². The molecule has 0 radical (unpaired) electrons. The maximum Gasteiger partial charge on any atom is 0.264 e. The lowest BCUT2D eigenvalue weighted by molar-refractivity contribution is 0.482. The van der Waals surface area contributed by atoms with Gasteiger partial charge in [-0.15, -0.1) is 0 Å². The lowest BCUT2D eigenvalue weighted by atomic mass is 10.1. The molecule has 0 aliphatic carbocycles. The molecule has 3 rings (SSSR count). The van der Waals surface area contributed by atoms with E-state index >= 15 is 0 Å². The van der Waals surface area contributed by atoms with E-state index in [1.165, 1.54) is 6.07 Å². The van der Waals surface area contributed by atoms with E-state index in [0.29, 0.717) is 16.8 Å². The first-order chi connectivity index (χ1) is 11.3. The SMILES string of the molecule is O=S(=O)(Nc1cc(Cl)c(O)c2ccccc12)c1ccc(F)cc1F. The summed E-state index contributed by atoms with van der Waals surface area (Å²) >= 11 is 5.91. The summed E-state index contributed by atoms with van der Waals surface area (Å²) in [4.78, 5) is -0.697. The van der Waals surface area contributed by atoms with E-state index in [1.807, 2.05) is 0 Å². The summed E-state index contributed by atoms with van der Waals surface area (Å²) in [5.74, 6) is -2.29. The summed E-state index contributed by atoms with van der Waals surface area (Å²) < 4.78 is 53.8. The van der Waals surface area contributed by atoms with Crippen LogP contribution < -0.4 is 4.72 Å². The fourth-order valence-electron chi connectivity index (χ4n) is 2.30.